The Morgan fingerprint density at radius 3 is 2.73 bits per heavy atom. The lowest BCUT2D eigenvalue weighted by Crippen LogP contribution is -2.30. The number of hydrogen-bond donors (Lipinski definition) is 1. The molecule has 7 nitrogen and oxygen atoms in total. The van der Waals surface area contributed by atoms with Gasteiger partial charge in [-0.05, 0) is 43.9 Å². The molecule has 0 atom stereocenters. The van der Waals surface area contributed by atoms with Gasteiger partial charge >= 0.3 is 12.2 Å². The Labute approximate surface area is 157 Å². The van der Waals surface area contributed by atoms with E-state index in [9.17, 15) is 4.79 Å². The summed E-state index contributed by atoms with van der Waals surface area (Å²) in [7, 11) is 1.77. The predicted molar refractivity (Wildman–Crippen MR) is 99.6 cm³/mol. The van der Waals surface area contributed by atoms with Crippen molar-refractivity contribution < 1.29 is 14.3 Å². The summed E-state index contributed by atoms with van der Waals surface area (Å²) >= 11 is 1.60. The SMILES string of the molecule is CCOC(=O)Oc1nnc(SCCCNC2Cc3ccccc3C2)n1C. The Morgan fingerprint density at radius 1 is 1.31 bits per heavy atom. The third kappa shape index (κ3) is 4.76. The van der Waals surface area contributed by atoms with Gasteiger partial charge in [0.15, 0.2) is 5.16 Å². The second kappa shape index (κ2) is 9.05. The Morgan fingerprint density at radius 2 is 2.04 bits per heavy atom. The number of rotatable bonds is 8. The molecule has 0 amide bonds. The van der Waals surface area contributed by atoms with Crippen molar-refractivity contribution in [2.75, 3.05) is 18.9 Å². The highest BCUT2D eigenvalue weighted by Gasteiger charge is 2.20. The number of nitrogens with zero attached hydrogens (tertiary/aromatic N) is 3. The average Bonchev–Trinajstić information content (AvgIpc) is 3.19. The van der Waals surface area contributed by atoms with Crippen LogP contribution in [-0.4, -0.2) is 45.9 Å². The first kappa shape index (κ1) is 18.7. The molecule has 8 heteroatoms. The van der Waals surface area contributed by atoms with Crippen LogP contribution in [0.5, 0.6) is 6.01 Å². The van der Waals surface area contributed by atoms with Crippen molar-refractivity contribution >= 4 is 17.9 Å². The highest BCUT2D eigenvalue weighted by molar-refractivity contribution is 7.99. The molecule has 0 unspecified atom stereocenters. The van der Waals surface area contributed by atoms with E-state index in [-0.39, 0.29) is 12.6 Å². The number of nitrogens with one attached hydrogen (secondary N) is 1. The van der Waals surface area contributed by atoms with Crippen molar-refractivity contribution in [2.45, 2.75) is 37.4 Å². The first-order valence-electron chi connectivity index (χ1n) is 8.84. The maximum absolute atomic E-state index is 11.3. The number of fused-ring (bicyclic) bond motifs is 1. The summed E-state index contributed by atoms with van der Waals surface area (Å²) in [5.74, 6) is 0.915. The molecular weight excluding hydrogens is 352 g/mol. The zero-order valence-corrected chi connectivity index (χ0v) is 15.9. The standard InChI is InChI=1S/C18H24N4O3S/c1-3-24-18(23)25-16-20-21-17(22(16)2)26-10-6-9-19-15-11-13-7-4-5-8-14(13)12-15/h4-5,7-8,15,19H,3,6,9-12H2,1-2H3. The summed E-state index contributed by atoms with van der Waals surface area (Å²) in [6.07, 6.45) is 2.49. The monoisotopic (exact) mass is 376 g/mol. The maximum Gasteiger partial charge on any atom is 0.516 e. The molecular formula is C18H24N4O3S. The molecule has 1 aromatic carbocycles. The van der Waals surface area contributed by atoms with Gasteiger partial charge in [-0.3, -0.25) is 4.57 Å². The van der Waals surface area contributed by atoms with Gasteiger partial charge in [-0.1, -0.05) is 41.1 Å². The van der Waals surface area contributed by atoms with Gasteiger partial charge in [-0.25, -0.2) is 4.79 Å². The van der Waals surface area contributed by atoms with E-state index in [1.807, 2.05) is 0 Å². The molecule has 1 aromatic heterocycles. The normalized spacial score (nSPS) is 13.6. The van der Waals surface area contributed by atoms with Crippen LogP contribution in [0.3, 0.4) is 0 Å². The van der Waals surface area contributed by atoms with Crippen molar-refractivity contribution in [3.05, 3.63) is 35.4 Å². The lowest BCUT2D eigenvalue weighted by molar-refractivity contribution is 0.0992. The minimum atomic E-state index is -0.763. The molecule has 1 heterocycles. The fourth-order valence-corrected chi connectivity index (χ4v) is 3.82. The van der Waals surface area contributed by atoms with E-state index in [1.54, 1.807) is 30.3 Å². The third-order valence-corrected chi connectivity index (χ3v) is 5.37. The lowest BCUT2D eigenvalue weighted by atomic mass is 10.1. The summed E-state index contributed by atoms with van der Waals surface area (Å²) in [6.45, 7) is 2.95. The minimum Gasteiger partial charge on any atom is -0.434 e. The number of benzene rings is 1. The number of carbonyl (C=O) groups is 1. The Kier molecular flexibility index (Phi) is 6.51. The Balaban J connectivity index is 1.36. The van der Waals surface area contributed by atoms with Gasteiger partial charge in [0.2, 0.25) is 0 Å². The molecule has 1 aliphatic carbocycles. The maximum atomic E-state index is 11.3. The first-order chi connectivity index (χ1) is 12.7. The van der Waals surface area contributed by atoms with Crippen LogP contribution in [0.4, 0.5) is 4.79 Å². The summed E-state index contributed by atoms with van der Waals surface area (Å²) in [5, 5.41) is 12.3. The number of carbonyl (C=O) groups excluding carboxylic acids is 1. The van der Waals surface area contributed by atoms with Gasteiger partial charge in [0.25, 0.3) is 0 Å². The van der Waals surface area contributed by atoms with E-state index in [1.165, 1.54) is 11.1 Å². The van der Waals surface area contributed by atoms with Crippen molar-refractivity contribution in [1.29, 1.82) is 0 Å². The van der Waals surface area contributed by atoms with E-state index < -0.39 is 6.16 Å². The molecule has 0 saturated heterocycles. The second-order valence-corrected chi connectivity index (χ2v) is 7.20. The molecule has 0 fully saturated rings. The van der Waals surface area contributed by atoms with Crippen molar-refractivity contribution in [3.8, 4) is 6.01 Å². The van der Waals surface area contributed by atoms with E-state index in [4.69, 9.17) is 9.47 Å². The predicted octanol–water partition coefficient (Wildman–Crippen LogP) is 2.59. The van der Waals surface area contributed by atoms with Crippen LogP contribution in [-0.2, 0) is 24.6 Å². The molecule has 1 N–H and O–H groups in total. The number of ether oxygens (including phenoxy) is 2. The highest BCUT2D eigenvalue weighted by atomic mass is 32.2. The van der Waals surface area contributed by atoms with Crippen LogP contribution in [0.1, 0.15) is 24.5 Å². The molecule has 0 aliphatic heterocycles. The van der Waals surface area contributed by atoms with Crippen LogP contribution in [0.15, 0.2) is 29.4 Å². The number of aromatic nitrogens is 3. The first-order valence-corrected chi connectivity index (χ1v) is 9.83. The molecule has 140 valence electrons. The third-order valence-electron chi connectivity index (χ3n) is 4.27. The highest BCUT2D eigenvalue weighted by Crippen LogP contribution is 2.22. The zero-order valence-electron chi connectivity index (χ0n) is 15.1. The van der Waals surface area contributed by atoms with Crippen LogP contribution < -0.4 is 10.1 Å². The van der Waals surface area contributed by atoms with Gasteiger partial charge in [0.1, 0.15) is 0 Å². The van der Waals surface area contributed by atoms with Gasteiger partial charge in [0, 0.05) is 18.8 Å². The largest absolute Gasteiger partial charge is 0.516 e. The van der Waals surface area contributed by atoms with Crippen molar-refractivity contribution in [1.82, 2.24) is 20.1 Å². The van der Waals surface area contributed by atoms with Crippen LogP contribution in [0.2, 0.25) is 0 Å². The fraction of sp³-hybridized carbons (Fsp3) is 0.500. The average molecular weight is 376 g/mol. The number of hydrogen-bond acceptors (Lipinski definition) is 7. The molecule has 0 spiro atoms. The molecule has 2 aromatic rings. The fourth-order valence-electron chi connectivity index (χ4n) is 2.98. The lowest BCUT2D eigenvalue weighted by Gasteiger charge is -2.11. The van der Waals surface area contributed by atoms with Gasteiger partial charge < -0.3 is 14.8 Å². The Bertz CT molecular complexity index is 725. The van der Waals surface area contributed by atoms with Crippen LogP contribution >= 0.6 is 11.8 Å². The van der Waals surface area contributed by atoms with Crippen molar-refractivity contribution in [3.63, 3.8) is 0 Å². The zero-order chi connectivity index (χ0) is 18.4. The Hall–Kier alpha value is -2.06. The molecule has 0 radical (unpaired) electrons. The smallest absolute Gasteiger partial charge is 0.434 e. The van der Waals surface area contributed by atoms with E-state index in [2.05, 4.69) is 39.8 Å². The number of thioether (sulfide) groups is 1. The molecule has 1 aliphatic rings. The van der Waals surface area contributed by atoms with Crippen molar-refractivity contribution in [2.24, 2.45) is 7.05 Å². The van der Waals surface area contributed by atoms with Gasteiger partial charge in [0.05, 0.1) is 6.61 Å². The quantitative estimate of drug-likeness (QED) is 0.431. The van der Waals surface area contributed by atoms with E-state index in [0.717, 1.165) is 36.7 Å². The van der Waals surface area contributed by atoms with E-state index >= 15 is 0 Å². The minimum absolute atomic E-state index is 0.146. The molecule has 26 heavy (non-hydrogen) atoms. The topological polar surface area (TPSA) is 78.3 Å². The summed E-state index contributed by atoms with van der Waals surface area (Å²) in [6, 6.07) is 9.34. The van der Waals surface area contributed by atoms with Crippen LogP contribution in [0.25, 0.3) is 0 Å². The van der Waals surface area contributed by atoms with E-state index in [0.29, 0.717) is 6.04 Å². The second-order valence-electron chi connectivity index (χ2n) is 6.14. The van der Waals surface area contributed by atoms with Gasteiger partial charge in [-0.2, -0.15) is 0 Å². The molecule has 0 saturated carbocycles. The molecule has 3 rings (SSSR count). The summed E-state index contributed by atoms with van der Waals surface area (Å²) < 4.78 is 11.4. The van der Waals surface area contributed by atoms with Gasteiger partial charge in [-0.15, -0.1) is 5.10 Å². The summed E-state index contributed by atoms with van der Waals surface area (Å²) in [5.41, 5.74) is 2.93. The molecule has 0 bridgehead atoms. The van der Waals surface area contributed by atoms with Crippen LogP contribution in [0, 0.1) is 0 Å². The summed E-state index contributed by atoms with van der Waals surface area (Å²) in [4.78, 5) is 11.3.